The molecule has 0 aromatic rings. The van der Waals surface area contributed by atoms with Crippen LogP contribution in [0.2, 0.25) is 0 Å². The Morgan fingerprint density at radius 1 is 0.773 bits per heavy atom. The van der Waals surface area contributed by atoms with E-state index in [2.05, 4.69) is 0 Å². The average molecular weight is 333 g/mol. The molecule has 0 rings (SSSR count). The molecule has 0 saturated heterocycles. The van der Waals surface area contributed by atoms with Crippen molar-refractivity contribution in [1.82, 2.24) is 0 Å². The minimum absolute atomic E-state index is 0. The number of ketones is 2. The van der Waals surface area contributed by atoms with Gasteiger partial charge in [-0.2, -0.15) is 26.3 Å². The van der Waals surface area contributed by atoms with Crippen LogP contribution in [-0.2, 0) is 9.59 Å². The molecule has 5 nitrogen and oxygen atoms in total. The largest absolute Gasteiger partial charge is 2.00 e. The maximum Gasteiger partial charge on any atom is 2.00 e. The summed E-state index contributed by atoms with van der Waals surface area (Å²) >= 11 is 0. The monoisotopic (exact) mass is 333 g/mol. The van der Waals surface area contributed by atoms with Crippen LogP contribution in [0.3, 0.4) is 0 Å². The smallest absolute Gasteiger partial charge is 0.869 e. The summed E-state index contributed by atoms with van der Waals surface area (Å²) in [5.41, 5.74) is 0. The van der Waals surface area contributed by atoms with Gasteiger partial charge in [0, 0.05) is 0 Å². The topological polar surface area (TPSA) is 112 Å². The third-order valence-corrected chi connectivity index (χ3v) is 1.23. The first kappa shape index (κ1) is 28.3. The number of hydrogen-bond acceptors (Lipinski definition) is 4. The normalized spacial score (nSPS) is 12.2. The maximum absolute atomic E-state index is 11.3. The number of allylic oxidation sites excluding steroid dienone is 4. The zero-order chi connectivity index (χ0) is 16.7. The van der Waals surface area contributed by atoms with Crippen molar-refractivity contribution in [3.05, 3.63) is 23.7 Å². The fourth-order valence-electron chi connectivity index (χ4n) is 0.533. The molecule has 0 bridgehead atoms. The molecule has 0 fully saturated rings. The predicted octanol–water partition coefficient (Wildman–Crippen LogP) is -0.442. The fraction of sp³-hybridized carbons (Fsp3) is 0.400. The summed E-state index contributed by atoms with van der Waals surface area (Å²) in [4.78, 5) is 19.8. The Morgan fingerprint density at radius 2 is 0.955 bits per heavy atom. The molecular formula is C10H10BeF6O5. The van der Waals surface area contributed by atoms with Crippen molar-refractivity contribution in [3.63, 3.8) is 0 Å². The van der Waals surface area contributed by atoms with E-state index in [9.17, 15) is 46.1 Å². The second-order valence-electron chi connectivity index (χ2n) is 3.23. The van der Waals surface area contributed by atoms with Gasteiger partial charge in [0.2, 0.25) is 0 Å². The van der Waals surface area contributed by atoms with Gasteiger partial charge in [-0.3, -0.25) is 9.59 Å². The Kier molecular flexibility index (Phi) is 13.9. The number of alkyl halides is 6. The van der Waals surface area contributed by atoms with Crippen molar-refractivity contribution in [3.8, 4) is 0 Å². The first-order valence-electron chi connectivity index (χ1n) is 4.61. The van der Waals surface area contributed by atoms with Gasteiger partial charge < -0.3 is 15.7 Å². The van der Waals surface area contributed by atoms with Gasteiger partial charge in [0.1, 0.15) is 0 Å². The van der Waals surface area contributed by atoms with Crippen LogP contribution in [0.4, 0.5) is 26.3 Å². The minimum atomic E-state index is -4.92. The maximum atomic E-state index is 11.3. The van der Waals surface area contributed by atoms with E-state index in [-0.39, 0.29) is 27.7 Å². The fourth-order valence-corrected chi connectivity index (χ4v) is 0.533. The molecule has 0 saturated carbocycles. The summed E-state index contributed by atoms with van der Waals surface area (Å²) in [5, 5.41) is 19.7. The summed E-state index contributed by atoms with van der Waals surface area (Å²) in [7, 11) is 0. The predicted molar refractivity (Wildman–Crippen MR) is 59.0 cm³/mol. The third-order valence-electron chi connectivity index (χ3n) is 1.23. The molecule has 0 aromatic carbocycles. The third kappa shape index (κ3) is 16.2. The minimum Gasteiger partial charge on any atom is -0.869 e. The van der Waals surface area contributed by atoms with E-state index >= 15 is 0 Å². The Morgan fingerprint density at radius 3 is 1.00 bits per heavy atom. The van der Waals surface area contributed by atoms with E-state index in [0.29, 0.717) is 0 Å². The van der Waals surface area contributed by atoms with E-state index in [1.165, 1.54) is 0 Å². The van der Waals surface area contributed by atoms with Crippen molar-refractivity contribution < 1.29 is 51.6 Å². The molecule has 0 heterocycles. The number of halogens is 6. The van der Waals surface area contributed by atoms with Crippen LogP contribution in [0, 0.1) is 0 Å². The van der Waals surface area contributed by atoms with Crippen LogP contribution < -0.4 is 10.2 Å². The van der Waals surface area contributed by atoms with Crippen molar-refractivity contribution in [2.45, 2.75) is 26.2 Å². The molecule has 0 aromatic heterocycles. The van der Waals surface area contributed by atoms with Gasteiger partial charge in [0.25, 0.3) is 0 Å². The van der Waals surface area contributed by atoms with E-state index in [0.717, 1.165) is 13.8 Å². The summed E-state index contributed by atoms with van der Waals surface area (Å²) in [5.74, 6) is -6.02. The Hall–Kier alpha value is -1.87. The van der Waals surface area contributed by atoms with Crippen LogP contribution in [-0.4, -0.2) is 39.5 Å². The quantitative estimate of drug-likeness (QED) is 0.295. The molecule has 0 aliphatic carbocycles. The summed E-state index contributed by atoms with van der Waals surface area (Å²) < 4.78 is 67.7. The van der Waals surface area contributed by atoms with Crippen molar-refractivity contribution in [2.75, 3.05) is 0 Å². The molecule has 0 atom stereocenters. The van der Waals surface area contributed by atoms with E-state index in [1.54, 1.807) is 0 Å². The summed E-state index contributed by atoms with van der Waals surface area (Å²) in [6.07, 6.45) is -9.82. The van der Waals surface area contributed by atoms with Gasteiger partial charge in [-0.15, -0.1) is 0 Å². The molecule has 0 unspecified atom stereocenters. The van der Waals surface area contributed by atoms with E-state index in [1.807, 2.05) is 0 Å². The van der Waals surface area contributed by atoms with Crippen molar-refractivity contribution >= 4 is 21.7 Å². The van der Waals surface area contributed by atoms with Crippen molar-refractivity contribution in [2.24, 2.45) is 0 Å². The molecular weight excluding hydrogens is 323 g/mol. The second kappa shape index (κ2) is 10.8. The number of hydrogen-bond donors (Lipinski definition) is 0. The molecule has 124 valence electrons. The molecule has 0 spiro atoms. The van der Waals surface area contributed by atoms with E-state index in [4.69, 9.17) is 0 Å². The average Bonchev–Trinajstić information content (AvgIpc) is 2.13. The van der Waals surface area contributed by atoms with Gasteiger partial charge in [-0.1, -0.05) is 0 Å². The molecule has 22 heavy (non-hydrogen) atoms. The van der Waals surface area contributed by atoms with Gasteiger partial charge in [-0.05, 0) is 37.5 Å². The molecule has 2 N–H and O–H groups in total. The van der Waals surface area contributed by atoms with E-state index < -0.39 is 35.4 Å². The first-order chi connectivity index (χ1) is 8.67. The van der Waals surface area contributed by atoms with Gasteiger partial charge in [0.05, 0.1) is 0 Å². The second-order valence-corrected chi connectivity index (χ2v) is 3.23. The zero-order valence-electron chi connectivity index (χ0n) is 11.3. The van der Waals surface area contributed by atoms with Crippen molar-refractivity contribution in [1.29, 1.82) is 0 Å². The van der Waals surface area contributed by atoms with Crippen LogP contribution >= 0.6 is 0 Å². The zero-order valence-corrected chi connectivity index (χ0v) is 11.3. The number of rotatable bonds is 2. The Balaban J connectivity index is -0.000000135. The van der Waals surface area contributed by atoms with Crippen LogP contribution in [0.5, 0.6) is 0 Å². The summed E-state index contributed by atoms with van der Waals surface area (Å²) in [6, 6.07) is 0. The summed E-state index contributed by atoms with van der Waals surface area (Å²) in [6.45, 7) is 1.76. The molecule has 0 radical (unpaired) electrons. The molecule has 0 aliphatic rings. The van der Waals surface area contributed by atoms with Crippen LogP contribution in [0.25, 0.3) is 0 Å². The Bertz CT molecular complexity index is 385. The molecule has 0 amide bonds. The van der Waals surface area contributed by atoms with Crippen LogP contribution in [0.1, 0.15) is 13.8 Å². The Labute approximate surface area is 124 Å². The number of carbonyl (C=O) groups excluding carboxylic acids is 2. The molecule has 0 aliphatic heterocycles. The first-order valence-corrected chi connectivity index (χ1v) is 4.61. The van der Waals surface area contributed by atoms with Gasteiger partial charge in [-0.25, -0.2) is 0 Å². The molecule has 12 heteroatoms. The standard InChI is InChI=1S/2C5H5F3O2.Be.H2O/c2*1-3(9)2-4(10)5(6,7)8;;/h2*2,10H,1H3;;1H2/q;;+2;/p-2/b2*4-2-;;. The number of carbonyl (C=O) groups is 2. The van der Waals surface area contributed by atoms with Gasteiger partial charge in [0.15, 0.2) is 11.6 Å². The SMILES string of the molecule is CC(=O)/C=C(\[O-])C(F)(F)F.CC(=O)/C=C(\[O-])C(F)(F)F.O.[Be+2]. The van der Waals surface area contributed by atoms with Crippen LogP contribution in [0.15, 0.2) is 23.7 Å². The van der Waals surface area contributed by atoms with Gasteiger partial charge >= 0.3 is 22.5 Å².